The lowest BCUT2D eigenvalue weighted by molar-refractivity contribution is -0.116. The number of sulfonamides is 1. The monoisotopic (exact) mass is 489 g/mol. The molecule has 3 aromatic rings. The van der Waals surface area contributed by atoms with Crippen molar-refractivity contribution >= 4 is 33.2 Å². The fourth-order valence-electron chi connectivity index (χ4n) is 3.42. The van der Waals surface area contributed by atoms with Gasteiger partial charge in [0.25, 0.3) is 0 Å². The Kier molecular flexibility index (Phi) is 7.94. The predicted molar refractivity (Wildman–Crippen MR) is 130 cm³/mol. The van der Waals surface area contributed by atoms with Gasteiger partial charge in [-0.15, -0.1) is 0 Å². The molecule has 7 nitrogen and oxygen atoms in total. The van der Waals surface area contributed by atoms with Crippen molar-refractivity contribution in [1.82, 2.24) is 9.29 Å². The number of rotatable bonds is 9. The zero-order valence-corrected chi connectivity index (χ0v) is 20.8. The van der Waals surface area contributed by atoms with Gasteiger partial charge in [0, 0.05) is 42.2 Å². The van der Waals surface area contributed by atoms with Gasteiger partial charge < -0.3 is 9.73 Å². The maximum absolute atomic E-state index is 12.9. The molecule has 0 fully saturated rings. The molecule has 0 unspecified atom stereocenters. The molecule has 0 atom stereocenters. The van der Waals surface area contributed by atoms with Crippen LogP contribution >= 0.6 is 11.6 Å². The number of aryl methyl sites for hydroxylation is 2. The maximum atomic E-state index is 12.9. The topological polar surface area (TPSA) is 92.5 Å². The van der Waals surface area contributed by atoms with E-state index in [0.717, 1.165) is 16.7 Å². The van der Waals surface area contributed by atoms with Gasteiger partial charge in [-0.05, 0) is 61.4 Å². The van der Waals surface area contributed by atoms with E-state index in [0.29, 0.717) is 41.9 Å². The number of nitrogens with zero attached hydrogens (tertiary/aromatic N) is 2. The first kappa shape index (κ1) is 25.0. The van der Waals surface area contributed by atoms with Crippen molar-refractivity contribution in [2.24, 2.45) is 0 Å². The Balaban J connectivity index is 1.70. The van der Waals surface area contributed by atoms with Crippen LogP contribution in [0.1, 0.15) is 37.3 Å². The van der Waals surface area contributed by atoms with Gasteiger partial charge >= 0.3 is 0 Å². The Hall–Kier alpha value is -2.68. The fraction of sp³-hybridized carbons (Fsp3) is 0.333. The SMILES string of the molecule is CCN(CC)S(=O)(=O)c1cc(C)c(C)c(NC(=O)CCc2ncc(-c3ccc(Cl)cc3)o2)c1. The van der Waals surface area contributed by atoms with Gasteiger partial charge in [0.15, 0.2) is 11.7 Å². The van der Waals surface area contributed by atoms with Crippen molar-refractivity contribution in [1.29, 1.82) is 0 Å². The summed E-state index contributed by atoms with van der Waals surface area (Å²) in [4.78, 5) is 17.0. The van der Waals surface area contributed by atoms with E-state index in [1.807, 2.05) is 26.0 Å². The highest BCUT2D eigenvalue weighted by Gasteiger charge is 2.23. The molecule has 3 rings (SSSR count). The highest BCUT2D eigenvalue weighted by Crippen LogP contribution is 2.27. The smallest absolute Gasteiger partial charge is 0.243 e. The largest absolute Gasteiger partial charge is 0.441 e. The molecule has 0 saturated carbocycles. The lowest BCUT2D eigenvalue weighted by Gasteiger charge is -2.20. The van der Waals surface area contributed by atoms with Crippen LogP contribution in [0.15, 0.2) is 51.9 Å². The van der Waals surface area contributed by atoms with E-state index >= 15 is 0 Å². The van der Waals surface area contributed by atoms with Crippen LogP contribution in [-0.4, -0.2) is 36.7 Å². The van der Waals surface area contributed by atoms with Crippen LogP contribution in [0.4, 0.5) is 5.69 Å². The Morgan fingerprint density at radius 1 is 1.12 bits per heavy atom. The zero-order valence-electron chi connectivity index (χ0n) is 19.2. The molecule has 9 heteroatoms. The summed E-state index contributed by atoms with van der Waals surface area (Å²) < 4.78 is 33.0. The summed E-state index contributed by atoms with van der Waals surface area (Å²) >= 11 is 5.91. The third-order valence-corrected chi connectivity index (χ3v) is 7.79. The third-order valence-electron chi connectivity index (χ3n) is 5.51. The van der Waals surface area contributed by atoms with Crippen LogP contribution in [0.3, 0.4) is 0 Å². The molecule has 0 spiro atoms. The van der Waals surface area contributed by atoms with Gasteiger partial charge in [0.05, 0.1) is 11.1 Å². The van der Waals surface area contributed by atoms with Gasteiger partial charge in [-0.1, -0.05) is 25.4 Å². The minimum Gasteiger partial charge on any atom is -0.441 e. The molecule has 176 valence electrons. The number of hydrogen-bond donors (Lipinski definition) is 1. The third kappa shape index (κ3) is 5.82. The Morgan fingerprint density at radius 2 is 1.79 bits per heavy atom. The Bertz CT molecular complexity index is 1230. The van der Waals surface area contributed by atoms with Crippen LogP contribution in [0.25, 0.3) is 11.3 Å². The first-order chi connectivity index (χ1) is 15.6. The number of benzene rings is 2. The van der Waals surface area contributed by atoms with Crippen molar-refractivity contribution in [3.63, 3.8) is 0 Å². The standard InChI is InChI=1S/C24H28ClN3O4S/c1-5-28(6-2)33(30,31)20-13-16(3)17(4)21(14-20)27-23(29)11-12-24-26-15-22(32-24)18-7-9-19(25)10-8-18/h7-10,13-15H,5-6,11-12H2,1-4H3,(H,27,29). The summed E-state index contributed by atoms with van der Waals surface area (Å²) in [6, 6.07) is 10.4. The molecule has 0 bridgehead atoms. The summed E-state index contributed by atoms with van der Waals surface area (Å²) in [5, 5.41) is 3.48. The fourth-order valence-corrected chi connectivity index (χ4v) is 5.12. The number of anilines is 1. The van der Waals surface area contributed by atoms with E-state index in [1.165, 1.54) is 10.4 Å². The highest BCUT2D eigenvalue weighted by molar-refractivity contribution is 7.89. The molecule has 0 radical (unpaired) electrons. The molecule has 1 heterocycles. The van der Waals surface area contributed by atoms with E-state index in [1.54, 1.807) is 38.2 Å². The summed E-state index contributed by atoms with van der Waals surface area (Å²) in [6.07, 6.45) is 2.08. The van der Waals surface area contributed by atoms with Crippen molar-refractivity contribution in [2.75, 3.05) is 18.4 Å². The van der Waals surface area contributed by atoms with E-state index in [-0.39, 0.29) is 17.2 Å². The minimum atomic E-state index is -3.63. The minimum absolute atomic E-state index is 0.145. The lowest BCUT2D eigenvalue weighted by atomic mass is 10.1. The molecule has 0 aliphatic carbocycles. The van der Waals surface area contributed by atoms with Crippen molar-refractivity contribution in [3.8, 4) is 11.3 Å². The Morgan fingerprint density at radius 3 is 2.42 bits per heavy atom. The summed E-state index contributed by atoms with van der Waals surface area (Å²) in [5.41, 5.74) is 2.95. The van der Waals surface area contributed by atoms with Gasteiger partial charge in [0.2, 0.25) is 15.9 Å². The predicted octanol–water partition coefficient (Wildman–Crippen LogP) is 5.21. The highest BCUT2D eigenvalue weighted by atomic mass is 35.5. The average Bonchev–Trinajstić information content (AvgIpc) is 3.25. The van der Waals surface area contributed by atoms with Crippen molar-refractivity contribution in [3.05, 3.63) is 64.6 Å². The van der Waals surface area contributed by atoms with Crippen molar-refractivity contribution < 1.29 is 17.6 Å². The molecule has 1 N–H and O–H groups in total. The summed E-state index contributed by atoms with van der Waals surface area (Å²) in [7, 11) is -3.63. The number of oxazole rings is 1. The summed E-state index contributed by atoms with van der Waals surface area (Å²) in [5.74, 6) is 0.796. The van der Waals surface area contributed by atoms with Crippen molar-refractivity contribution in [2.45, 2.75) is 45.4 Å². The molecule has 1 amide bonds. The van der Waals surface area contributed by atoms with E-state index in [2.05, 4.69) is 10.3 Å². The second-order valence-electron chi connectivity index (χ2n) is 7.68. The second kappa shape index (κ2) is 10.5. The van der Waals surface area contributed by atoms with E-state index < -0.39 is 10.0 Å². The quantitative estimate of drug-likeness (QED) is 0.445. The number of amides is 1. The Labute approximate surface area is 199 Å². The first-order valence-corrected chi connectivity index (χ1v) is 12.6. The molecule has 0 saturated heterocycles. The lowest BCUT2D eigenvalue weighted by Crippen LogP contribution is -2.30. The normalized spacial score (nSPS) is 11.7. The average molecular weight is 490 g/mol. The van der Waals surface area contributed by atoms with Gasteiger partial charge in [-0.3, -0.25) is 4.79 Å². The number of carbonyl (C=O) groups excluding carboxylic acids is 1. The van der Waals surface area contributed by atoms with E-state index in [4.69, 9.17) is 16.0 Å². The maximum Gasteiger partial charge on any atom is 0.243 e. The number of aromatic nitrogens is 1. The molecular formula is C24H28ClN3O4S. The first-order valence-electron chi connectivity index (χ1n) is 10.8. The second-order valence-corrected chi connectivity index (χ2v) is 10.0. The molecular weight excluding hydrogens is 462 g/mol. The van der Waals surface area contributed by atoms with Crippen LogP contribution in [0, 0.1) is 13.8 Å². The van der Waals surface area contributed by atoms with Crippen LogP contribution in [0.5, 0.6) is 0 Å². The summed E-state index contributed by atoms with van der Waals surface area (Å²) in [6.45, 7) is 8.03. The molecule has 0 aliphatic heterocycles. The van der Waals surface area contributed by atoms with Gasteiger partial charge in [-0.25, -0.2) is 13.4 Å². The molecule has 33 heavy (non-hydrogen) atoms. The number of hydrogen-bond acceptors (Lipinski definition) is 5. The molecule has 1 aromatic heterocycles. The number of nitrogens with one attached hydrogen (secondary N) is 1. The molecule has 2 aromatic carbocycles. The van der Waals surface area contributed by atoms with Crippen LogP contribution in [-0.2, 0) is 21.2 Å². The van der Waals surface area contributed by atoms with Gasteiger partial charge in [0.1, 0.15) is 0 Å². The van der Waals surface area contributed by atoms with Crippen LogP contribution in [0.2, 0.25) is 5.02 Å². The zero-order chi connectivity index (χ0) is 24.2. The molecule has 0 aliphatic rings. The number of halogens is 1. The van der Waals surface area contributed by atoms with E-state index in [9.17, 15) is 13.2 Å². The van der Waals surface area contributed by atoms with Gasteiger partial charge in [-0.2, -0.15) is 4.31 Å². The van der Waals surface area contributed by atoms with Crippen LogP contribution < -0.4 is 5.32 Å². The number of carbonyl (C=O) groups is 1.